The molecule has 1 fully saturated rings. The Kier molecular flexibility index (Phi) is 2.61. The van der Waals surface area contributed by atoms with Crippen LogP contribution in [0.2, 0.25) is 5.15 Å². The standard InChI is InChI=1S/C8H10ClN3O/c9-7-2-4-11-8(12-7)13-6-1-3-10-5-6/h2,4,6,10H,1,3,5H2/t6-/m1/s1. The summed E-state index contributed by atoms with van der Waals surface area (Å²) in [5, 5.41) is 3.61. The van der Waals surface area contributed by atoms with Gasteiger partial charge >= 0.3 is 6.01 Å². The Morgan fingerprint density at radius 3 is 3.23 bits per heavy atom. The molecule has 4 nitrogen and oxygen atoms in total. The van der Waals surface area contributed by atoms with E-state index in [9.17, 15) is 0 Å². The zero-order valence-corrected chi connectivity index (χ0v) is 7.79. The number of nitrogens with zero attached hydrogens (tertiary/aromatic N) is 2. The van der Waals surface area contributed by atoms with E-state index in [1.807, 2.05) is 0 Å². The molecule has 0 saturated carbocycles. The van der Waals surface area contributed by atoms with Gasteiger partial charge in [0.05, 0.1) is 0 Å². The maximum absolute atomic E-state index is 5.68. The summed E-state index contributed by atoms with van der Waals surface area (Å²) in [7, 11) is 0. The van der Waals surface area contributed by atoms with Crippen LogP contribution in [0.5, 0.6) is 6.01 Å². The molecule has 0 radical (unpaired) electrons. The summed E-state index contributed by atoms with van der Waals surface area (Å²) in [6.45, 7) is 1.85. The van der Waals surface area contributed by atoms with Crippen LogP contribution in [0.1, 0.15) is 6.42 Å². The highest BCUT2D eigenvalue weighted by atomic mass is 35.5. The van der Waals surface area contributed by atoms with E-state index in [0.717, 1.165) is 19.5 Å². The topological polar surface area (TPSA) is 47.0 Å². The number of ether oxygens (including phenoxy) is 1. The Morgan fingerprint density at radius 2 is 2.54 bits per heavy atom. The smallest absolute Gasteiger partial charge is 0.318 e. The molecule has 0 aliphatic carbocycles. The van der Waals surface area contributed by atoms with Crippen LogP contribution in [-0.2, 0) is 0 Å². The molecule has 1 aromatic rings. The molecule has 1 aliphatic heterocycles. The molecular weight excluding hydrogens is 190 g/mol. The van der Waals surface area contributed by atoms with Crippen molar-refractivity contribution in [3.63, 3.8) is 0 Å². The van der Waals surface area contributed by atoms with E-state index in [1.54, 1.807) is 12.3 Å². The van der Waals surface area contributed by atoms with Crippen molar-refractivity contribution in [3.8, 4) is 6.01 Å². The molecule has 2 heterocycles. The maximum atomic E-state index is 5.68. The van der Waals surface area contributed by atoms with Crippen LogP contribution in [0, 0.1) is 0 Å². The van der Waals surface area contributed by atoms with E-state index in [-0.39, 0.29) is 6.10 Å². The van der Waals surface area contributed by atoms with Gasteiger partial charge in [-0.05, 0) is 19.0 Å². The zero-order valence-electron chi connectivity index (χ0n) is 7.03. The van der Waals surface area contributed by atoms with Gasteiger partial charge in [0.25, 0.3) is 0 Å². The van der Waals surface area contributed by atoms with Crippen LogP contribution in [0.3, 0.4) is 0 Å². The number of aromatic nitrogens is 2. The predicted octanol–water partition coefficient (Wildman–Crippen LogP) is 0.871. The molecule has 0 aromatic carbocycles. The molecule has 1 aromatic heterocycles. The van der Waals surface area contributed by atoms with E-state index in [4.69, 9.17) is 16.3 Å². The van der Waals surface area contributed by atoms with Gasteiger partial charge in [0.2, 0.25) is 0 Å². The van der Waals surface area contributed by atoms with Gasteiger partial charge in [0.1, 0.15) is 11.3 Å². The lowest BCUT2D eigenvalue weighted by Gasteiger charge is -2.09. The Hall–Kier alpha value is -0.870. The minimum Gasteiger partial charge on any atom is -0.459 e. The van der Waals surface area contributed by atoms with Crippen LogP contribution in [0.25, 0.3) is 0 Å². The summed E-state index contributed by atoms with van der Waals surface area (Å²) in [6, 6.07) is 1.99. The third kappa shape index (κ3) is 2.29. The fraction of sp³-hybridized carbons (Fsp3) is 0.500. The third-order valence-electron chi connectivity index (χ3n) is 1.89. The first-order valence-corrected chi connectivity index (χ1v) is 4.58. The second kappa shape index (κ2) is 3.89. The molecule has 0 amide bonds. The Balaban J connectivity index is 2.00. The fourth-order valence-electron chi connectivity index (χ4n) is 1.25. The van der Waals surface area contributed by atoms with Crippen molar-refractivity contribution >= 4 is 11.6 Å². The van der Waals surface area contributed by atoms with Crippen molar-refractivity contribution in [2.45, 2.75) is 12.5 Å². The number of rotatable bonds is 2. The summed E-state index contributed by atoms with van der Waals surface area (Å²) in [4.78, 5) is 7.90. The van der Waals surface area contributed by atoms with Crippen molar-refractivity contribution in [3.05, 3.63) is 17.4 Å². The van der Waals surface area contributed by atoms with E-state index in [0.29, 0.717) is 11.2 Å². The first-order chi connectivity index (χ1) is 6.34. The monoisotopic (exact) mass is 199 g/mol. The second-order valence-corrected chi connectivity index (χ2v) is 3.28. The number of hydrogen-bond donors (Lipinski definition) is 1. The molecule has 0 unspecified atom stereocenters. The largest absolute Gasteiger partial charge is 0.459 e. The summed E-state index contributed by atoms with van der Waals surface area (Å²) < 4.78 is 5.49. The molecule has 5 heteroatoms. The lowest BCUT2D eigenvalue weighted by atomic mass is 10.3. The SMILES string of the molecule is Clc1ccnc(O[C@@H]2CCNC2)n1. The van der Waals surface area contributed by atoms with Crippen LogP contribution < -0.4 is 10.1 Å². The van der Waals surface area contributed by atoms with Crippen LogP contribution >= 0.6 is 11.6 Å². The normalized spacial score (nSPS) is 21.8. The predicted molar refractivity (Wildman–Crippen MR) is 48.9 cm³/mol. The summed E-state index contributed by atoms with van der Waals surface area (Å²) in [5.74, 6) is 0. The Morgan fingerprint density at radius 1 is 1.62 bits per heavy atom. The summed E-state index contributed by atoms with van der Waals surface area (Å²) >= 11 is 5.68. The van der Waals surface area contributed by atoms with E-state index >= 15 is 0 Å². The van der Waals surface area contributed by atoms with Crippen LogP contribution in [0.15, 0.2) is 12.3 Å². The average Bonchev–Trinajstić information content (AvgIpc) is 2.57. The molecule has 70 valence electrons. The third-order valence-corrected chi connectivity index (χ3v) is 2.10. The Bertz CT molecular complexity index is 288. The molecule has 1 saturated heterocycles. The average molecular weight is 200 g/mol. The van der Waals surface area contributed by atoms with Crippen molar-refractivity contribution in [2.24, 2.45) is 0 Å². The maximum Gasteiger partial charge on any atom is 0.318 e. The zero-order chi connectivity index (χ0) is 9.10. The minimum atomic E-state index is 0.179. The highest BCUT2D eigenvalue weighted by molar-refractivity contribution is 6.29. The molecule has 1 aliphatic rings. The number of halogens is 1. The molecule has 0 bridgehead atoms. The lowest BCUT2D eigenvalue weighted by Crippen LogP contribution is -2.20. The Labute approximate surface area is 81.3 Å². The van der Waals surface area contributed by atoms with Crippen molar-refractivity contribution in [1.29, 1.82) is 0 Å². The van der Waals surface area contributed by atoms with Gasteiger partial charge in [-0.15, -0.1) is 0 Å². The quantitative estimate of drug-likeness (QED) is 0.719. The van der Waals surface area contributed by atoms with E-state index in [1.165, 1.54) is 0 Å². The molecule has 0 spiro atoms. The molecule has 2 rings (SSSR count). The first-order valence-electron chi connectivity index (χ1n) is 4.20. The van der Waals surface area contributed by atoms with E-state index in [2.05, 4.69) is 15.3 Å². The minimum absolute atomic E-state index is 0.179. The van der Waals surface area contributed by atoms with Gasteiger partial charge in [-0.1, -0.05) is 11.6 Å². The van der Waals surface area contributed by atoms with Crippen molar-refractivity contribution < 1.29 is 4.74 Å². The fourth-order valence-corrected chi connectivity index (χ4v) is 1.38. The van der Waals surface area contributed by atoms with Gasteiger partial charge in [-0.3, -0.25) is 0 Å². The van der Waals surface area contributed by atoms with Crippen molar-refractivity contribution in [2.75, 3.05) is 13.1 Å². The number of hydrogen-bond acceptors (Lipinski definition) is 4. The van der Waals surface area contributed by atoms with E-state index < -0.39 is 0 Å². The molecule has 1 N–H and O–H groups in total. The van der Waals surface area contributed by atoms with Crippen molar-refractivity contribution in [1.82, 2.24) is 15.3 Å². The number of nitrogens with one attached hydrogen (secondary N) is 1. The molecular formula is C8H10ClN3O. The molecule has 13 heavy (non-hydrogen) atoms. The summed E-state index contributed by atoms with van der Waals surface area (Å²) in [6.07, 6.45) is 2.77. The van der Waals surface area contributed by atoms with Gasteiger partial charge < -0.3 is 10.1 Å². The lowest BCUT2D eigenvalue weighted by molar-refractivity contribution is 0.204. The van der Waals surface area contributed by atoms with Crippen LogP contribution in [0.4, 0.5) is 0 Å². The summed E-state index contributed by atoms with van der Waals surface area (Å²) in [5.41, 5.74) is 0. The second-order valence-electron chi connectivity index (χ2n) is 2.89. The highest BCUT2D eigenvalue weighted by Crippen LogP contribution is 2.11. The van der Waals surface area contributed by atoms with Crippen LogP contribution in [-0.4, -0.2) is 29.2 Å². The first kappa shape index (κ1) is 8.72. The van der Waals surface area contributed by atoms with Gasteiger partial charge in [0.15, 0.2) is 0 Å². The van der Waals surface area contributed by atoms with Gasteiger partial charge in [0, 0.05) is 12.7 Å². The van der Waals surface area contributed by atoms with Gasteiger partial charge in [-0.2, -0.15) is 4.98 Å². The van der Waals surface area contributed by atoms with Gasteiger partial charge in [-0.25, -0.2) is 4.98 Å². The molecule has 1 atom stereocenters. The highest BCUT2D eigenvalue weighted by Gasteiger charge is 2.16.